The van der Waals surface area contributed by atoms with E-state index >= 15 is 0 Å². The topological polar surface area (TPSA) is 55.9 Å². The largest absolute Gasteiger partial charge is 0.390 e. The Morgan fingerprint density at radius 1 is 1.44 bits per heavy atom. The van der Waals surface area contributed by atoms with E-state index in [0.717, 1.165) is 5.69 Å². The number of rotatable bonds is 6. The Morgan fingerprint density at radius 3 is 2.81 bits per heavy atom. The van der Waals surface area contributed by atoms with Crippen molar-refractivity contribution < 1.29 is 13.2 Å². The van der Waals surface area contributed by atoms with Gasteiger partial charge in [0.2, 0.25) is 0 Å². The summed E-state index contributed by atoms with van der Waals surface area (Å²) in [6.45, 7) is 1.42. The molecule has 16 heavy (non-hydrogen) atoms. The maximum Gasteiger partial charge on any atom is 0.390 e. The van der Waals surface area contributed by atoms with E-state index in [9.17, 15) is 13.2 Å². The first-order valence-corrected chi connectivity index (χ1v) is 4.99. The van der Waals surface area contributed by atoms with Crippen LogP contribution in [-0.2, 0) is 13.1 Å². The molecular weight excluding hydrogens is 221 g/mol. The number of nitrogens with one attached hydrogen (secondary N) is 1. The molecule has 0 radical (unpaired) electrons. The van der Waals surface area contributed by atoms with Gasteiger partial charge in [0.1, 0.15) is 0 Å². The zero-order valence-electron chi connectivity index (χ0n) is 8.80. The Morgan fingerprint density at radius 2 is 2.19 bits per heavy atom. The van der Waals surface area contributed by atoms with E-state index < -0.39 is 12.6 Å². The van der Waals surface area contributed by atoms with Crippen molar-refractivity contribution in [3.63, 3.8) is 0 Å². The average Bonchev–Trinajstić information content (AvgIpc) is 2.60. The number of nitrogens with zero attached hydrogens (tertiary/aromatic N) is 2. The molecule has 0 unspecified atom stereocenters. The molecule has 92 valence electrons. The molecule has 0 bridgehead atoms. The molecule has 7 heteroatoms. The maximum absolute atomic E-state index is 11.8. The van der Waals surface area contributed by atoms with Crippen LogP contribution >= 0.6 is 0 Å². The van der Waals surface area contributed by atoms with Crippen molar-refractivity contribution in [3.05, 3.63) is 18.2 Å². The Bertz CT molecular complexity index is 308. The molecule has 0 amide bonds. The van der Waals surface area contributed by atoms with Gasteiger partial charge in [0.25, 0.3) is 0 Å². The van der Waals surface area contributed by atoms with Gasteiger partial charge in [0.15, 0.2) is 0 Å². The van der Waals surface area contributed by atoms with E-state index in [-0.39, 0.29) is 6.54 Å². The quantitative estimate of drug-likeness (QED) is 0.721. The summed E-state index contributed by atoms with van der Waals surface area (Å²) in [7, 11) is 0. The fourth-order valence-electron chi connectivity index (χ4n) is 1.22. The molecule has 1 aromatic heterocycles. The second-order valence-corrected chi connectivity index (χ2v) is 3.43. The first kappa shape index (κ1) is 13.0. The van der Waals surface area contributed by atoms with Crippen molar-refractivity contribution in [2.45, 2.75) is 25.7 Å². The Hall–Kier alpha value is -1.08. The second-order valence-electron chi connectivity index (χ2n) is 3.43. The molecule has 0 saturated heterocycles. The SMILES string of the molecule is NCCn1cnc(CNCCC(F)(F)F)c1. The van der Waals surface area contributed by atoms with Crippen molar-refractivity contribution in [3.8, 4) is 0 Å². The van der Waals surface area contributed by atoms with Crippen molar-refractivity contribution in [1.29, 1.82) is 0 Å². The lowest BCUT2D eigenvalue weighted by Gasteiger charge is -2.06. The van der Waals surface area contributed by atoms with Gasteiger partial charge in [-0.05, 0) is 0 Å². The predicted molar refractivity (Wildman–Crippen MR) is 53.7 cm³/mol. The van der Waals surface area contributed by atoms with Gasteiger partial charge in [-0.25, -0.2) is 4.98 Å². The van der Waals surface area contributed by atoms with Crippen molar-refractivity contribution in [2.24, 2.45) is 5.73 Å². The summed E-state index contributed by atoms with van der Waals surface area (Å²) < 4.78 is 37.2. The van der Waals surface area contributed by atoms with Gasteiger partial charge in [-0.1, -0.05) is 0 Å². The summed E-state index contributed by atoms with van der Waals surface area (Å²) in [5.41, 5.74) is 6.07. The molecule has 0 fully saturated rings. The monoisotopic (exact) mass is 236 g/mol. The molecule has 0 aliphatic rings. The van der Waals surface area contributed by atoms with Crippen LogP contribution in [0.25, 0.3) is 0 Å². The number of halogens is 3. The number of aromatic nitrogens is 2. The van der Waals surface area contributed by atoms with Crippen LogP contribution in [0.2, 0.25) is 0 Å². The molecule has 0 saturated carbocycles. The van der Waals surface area contributed by atoms with Crippen LogP contribution in [0.5, 0.6) is 0 Å². The number of hydrogen-bond donors (Lipinski definition) is 2. The highest BCUT2D eigenvalue weighted by Gasteiger charge is 2.25. The Labute approximate surface area is 91.6 Å². The molecule has 3 N–H and O–H groups in total. The lowest BCUT2D eigenvalue weighted by atomic mass is 10.4. The third kappa shape index (κ3) is 5.13. The minimum Gasteiger partial charge on any atom is -0.336 e. The van der Waals surface area contributed by atoms with Gasteiger partial charge in [0, 0.05) is 32.4 Å². The van der Waals surface area contributed by atoms with Crippen LogP contribution in [0.3, 0.4) is 0 Å². The number of imidazole rings is 1. The lowest BCUT2D eigenvalue weighted by molar-refractivity contribution is -0.133. The second kappa shape index (κ2) is 5.86. The summed E-state index contributed by atoms with van der Waals surface area (Å²) in [5.74, 6) is 0. The molecule has 0 aromatic carbocycles. The summed E-state index contributed by atoms with van der Waals surface area (Å²) >= 11 is 0. The average molecular weight is 236 g/mol. The van der Waals surface area contributed by atoms with Crippen molar-refractivity contribution in [2.75, 3.05) is 13.1 Å². The van der Waals surface area contributed by atoms with E-state index in [1.165, 1.54) is 0 Å². The van der Waals surface area contributed by atoms with E-state index in [0.29, 0.717) is 19.6 Å². The van der Waals surface area contributed by atoms with E-state index in [4.69, 9.17) is 5.73 Å². The fraction of sp³-hybridized carbons (Fsp3) is 0.667. The molecule has 0 aliphatic carbocycles. The zero-order valence-corrected chi connectivity index (χ0v) is 8.80. The van der Waals surface area contributed by atoms with Crippen LogP contribution in [0.15, 0.2) is 12.5 Å². The first-order valence-electron chi connectivity index (χ1n) is 4.99. The van der Waals surface area contributed by atoms with Crippen LogP contribution < -0.4 is 11.1 Å². The van der Waals surface area contributed by atoms with Crippen LogP contribution in [0.1, 0.15) is 12.1 Å². The minimum absolute atomic E-state index is 0.0900. The number of nitrogens with two attached hydrogens (primary N) is 1. The summed E-state index contributed by atoms with van der Waals surface area (Å²) in [6.07, 6.45) is -1.54. The third-order valence-electron chi connectivity index (χ3n) is 1.97. The summed E-state index contributed by atoms with van der Waals surface area (Å²) in [4.78, 5) is 4.03. The van der Waals surface area contributed by atoms with Gasteiger partial charge < -0.3 is 15.6 Å². The number of alkyl halides is 3. The molecule has 1 aromatic rings. The highest BCUT2D eigenvalue weighted by molar-refractivity contribution is 4.96. The van der Waals surface area contributed by atoms with Gasteiger partial charge in [-0.3, -0.25) is 0 Å². The molecular formula is C9H15F3N4. The van der Waals surface area contributed by atoms with Gasteiger partial charge in [-0.2, -0.15) is 13.2 Å². The van der Waals surface area contributed by atoms with Gasteiger partial charge in [0.05, 0.1) is 18.4 Å². The van der Waals surface area contributed by atoms with Crippen LogP contribution in [0, 0.1) is 0 Å². The molecule has 1 heterocycles. The minimum atomic E-state index is -4.11. The Kier molecular flexibility index (Phi) is 4.75. The zero-order chi connectivity index (χ0) is 12.0. The molecule has 0 aliphatic heterocycles. The normalized spacial score (nSPS) is 12.0. The highest BCUT2D eigenvalue weighted by atomic mass is 19.4. The highest BCUT2D eigenvalue weighted by Crippen LogP contribution is 2.18. The smallest absolute Gasteiger partial charge is 0.336 e. The fourth-order valence-corrected chi connectivity index (χ4v) is 1.22. The first-order chi connectivity index (χ1) is 7.51. The van der Waals surface area contributed by atoms with Crippen LogP contribution in [-0.4, -0.2) is 28.8 Å². The molecule has 0 spiro atoms. The van der Waals surface area contributed by atoms with Crippen molar-refractivity contribution >= 4 is 0 Å². The standard InChI is InChI=1S/C9H15F3N4/c10-9(11,12)1-3-14-5-8-6-16(4-2-13)7-15-8/h6-7,14H,1-5,13H2. The Balaban J connectivity index is 2.21. The predicted octanol–water partition coefficient (Wildman–Crippen LogP) is 0.884. The maximum atomic E-state index is 11.8. The van der Waals surface area contributed by atoms with Gasteiger partial charge >= 0.3 is 6.18 Å². The molecule has 1 rings (SSSR count). The third-order valence-corrected chi connectivity index (χ3v) is 1.97. The molecule has 4 nitrogen and oxygen atoms in total. The lowest BCUT2D eigenvalue weighted by Crippen LogP contribution is -2.21. The number of hydrogen-bond acceptors (Lipinski definition) is 3. The van der Waals surface area contributed by atoms with E-state index in [2.05, 4.69) is 10.3 Å². The summed E-state index contributed by atoms with van der Waals surface area (Å²) in [5, 5.41) is 2.69. The van der Waals surface area contributed by atoms with Crippen molar-refractivity contribution in [1.82, 2.24) is 14.9 Å². The van der Waals surface area contributed by atoms with Crippen LogP contribution in [0.4, 0.5) is 13.2 Å². The summed E-state index contributed by atoms with van der Waals surface area (Å²) in [6, 6.07) is 0. The van der Waals surface area contributed by atoms with E-state index in [1.807, 2.05) is 0 Å². The van der Waals surface area contributed by atoms with Gasteiger partial charge in [-0.15, -0.1) is 0 Å². The van der Waals surface area contributed by atoms with E-state index in [1.54, 1.807) is 17.1 Å². The molecule has 0 atom stereocenters.